The van der Waals surface area contributed by atoms with E-state index in [-0.39, 0.29) is 24.8 Å². The molecule has 0 aromatic heterocycles. The fraction of sp³-hybridized carbons (Fsp3) is 0.818. The van der Waals surface area contributed by atoms with Gasteiger partial charge >= 0.3 is 0 Å². The van der Waals surface area contributed by atoms with Crippen LogP contribution in [0.25, 0.3) is 0 Å². The molecule has 0 aromatic carbocycles. The molecule has 6 heteroatoms. The van der Waals surface area contributed by atoms with Crippen LogP contribution in [0.15, 0.2) is 0 Å². The van der Waals surface area contributed by atoms with E-state index in [4.69, 9.17) is 5.73 Å². The van der Waals surface area contributed by atoms with Crippen LogP contribution in [0.5, 0.6) is 0 Å². The third-order valence-corrected chi connectivity index (χ3v) is 3.54. The summed E-state index contributed by atoms with van der Waals surface area (Å²) >= 11 is 0. The topological polar surface area (TPSA) is 95.7 Å². The number of nitrogens with zero attached hydrogens (tertiary/aromatic N) is 1. The molecule has 2 aliphatic heterocycles. The van der Waals surface area contributed by atoms with E-state index in [0.29, 0.717) is 6.54 Å². The molecule has 17 heavy (non-hydrogen) atoms. The zero-order valence-electron chi connectivity index (χ0n) is 9.76. The highest BCUT2D eigenvalue weighted by Crippen LogP contribution is 2.22. The van der Waals surface area contributed by atoms with Crippen molar-refractivity contribution in [2.75, 3.05) is 19.6 Å². The van der Waals surface area contributed by atoms with E-state index >= 15 is 0 Å². The molecule has 3 atom stereocenters. The summed E-state index contributed by atoms with van der Waals surface area (Å²) in [6, 6.07) is -0.639. The molecule has 0 bridgehead atoms. The Morgan fingerprint density at radius 2 is 2.18 bits per heavy atom. The minimum atomic E-state index is -0.639. The van der Waals surface area contributed by atoms with Crippen LogP contribution in [0.1, 0.15) is 19.3 Å². The molecule has 0 spiro atoms. The van der Waals surface area contributed by atoms with Crippen molar-refractivity contribution in [2.24, 2.45) is 11.7 Å². The number of nitrogens with one attached hydrogen (secondary N) is 1. The van der Waals surface area contributed by atoms with E-state index in [1.54, 1.807) is 0 Å². The van der Waals surface area contributed by atoms with E-state index < -0.39 is 18.1 Å². The lowest BCUT2D eigenvalue weighted by Crippen LogP contribution is -2.49. The van der Waals surface area contributed by atoms with Gasteiger partial charge in [-0.25, -0.2) is 0 Å². The number of amides is 2. The average Bonchev–Trinajstić information content (AvgIpc) is 2.72. The monoisotopic (exact) mass is 241 g/mol. The molecule has 2 amide bonds. The van der Waals surface area contributed by atoms with E-state index in [0.717, 1.165) is 19.4 Å². The summed E-state index contributed by atoms with van der Waals surface area (Å²) in [6.45, 7) is 1.81. The Hall–Kier alpha value is -1.14. The highest BCUT2D eigenvalue weighted by atomic mass is 16.3. The molecule has 3 unspecified atom stereocenters. The number of nitrogens with two attached hydrogens (primary N) is 1. The van der Waals surface area contributed by atoms with Crippen molar-refractivity contribution < 1.29 is 14.7 Å². The summed E-state index contributed by atoms with van der Waals surface area (Å²) < 4.78 is 0. The number of hydrogen-bond acceptors (Lipinski definition) is 4. The first-order valence-corrected chi connectivity index (χ1v) is 6.08. The third kappa shape index (κ3) is 2.58. The van der Waals surface area contributed by atoms with Gasteiger partial charge in [-0.2, -0.15) is 0 Å². The van der Waals surface area contributed by atoms with E-state index in [2.05, 4.69) is 5.32 Å². The van der Waals surface area contributed by atoms with Crippen LogP contribution >= 0.6 is 0 Å². The summed E-state index contributed by atoms with van der Waals surface area (Å²) in [4.78, 5) is 24.9. The van der Waals surface area contributed by atoms with E-state index in [1.165, 1.54) is 4.90 Å². The molecule has 6 nitrogen and oxygen atoms in total. The second-order valence-electron chi connectivity index (χ2n) is 4.84. The van der Waals surface area contributed by atoms with Gasteiger partial charge in [0.25, 0.3) is 0 Å². The Labute approximate surface area is 100 Å². The number of rotatable bonds is 2. The summed E-state index contributed by atoms with van der Waals surface area (Å²) in [5.74, 6) is -0.674. The van der Waals surface area contributed by atoms with Crippen molar-refractivity contribution in [3.05, 3.63) is 0 Å². The predicted molar refractivity (Wildman–Crippen MR) is 60.9 cm³/mol. The first-order valence-electron chi connectivity index (χ1n) is 6.08. The van der Waals surface area contributed by atoms with Gasteiger partial charge in [0.05, 0.1) is 12.0 Å². The Kier molecular flexibility index (Phi) is 3.63. The number of carbonyl (C=O) groups is 2. The van der Waals surface area contributed by atoms with Gasteiger partial charge in [-0.1, -0.05) is 0 Å². The molecule has 0 aromatic rings. The van der Waals surface area contributed by atoms with Crippen molar-refractivity contribution in [3.63, 3.8) is 0 Å². The number of hydrogen-bond donors (Lipinski definition) is 3. The lowest BCUT2D eigenvalue weighted by atomic mass is 9.98. The van der Waals surface area contributed by atoms with Gasteiger partial charge in [0.15, 0.2) is 0 Å². The third-order valence-electron chi connectivity index (χ3n) is 3.54. The largest absolute Gasteiger partial charge is 0.391 e. The van der Waals surface area contributed by atoms with Crippen molar-refractivity contribution in [3.8, 4) is 0 Å². The zero-order valence-corrected chi connectivity index (χ0v) is 9.76. The fourth-order valence-corrected chi connectivity index (χ4v) is 2.62. The Bertz CT molecular complexity index is 315. The van der Waals surface area contributed by atoms with Gasteiger partial charge in [-0.15, -0.1) is 0 Å². The molecule has 0 saturated carbocycles. The van der Waals surface area contributed by atoms with Crippen LogP contribution in [0, 0.1) is 5.92 Å². The standard InChI is InChI=1S/C11H19N3O3/c12-10(16)9-4-8(15)6-14(9)11(17)7-2-1-3-13-5-7/h7-9,13,15H,1-6H2,(H2,12,16). The second-order valence-corrected chi connectivity index (χ2v) is 4.84. The summed E-state index contributed by atoms with van der Waals surface area (Å²) in [7, 11) is 0. The number of carbonyl (C=O) groups excluding carboxylic acids is 2. The summed E-state index contributed by atoms with van der Waals surface area (Å²) in [5.41, 5.74) is 5.26. The Morgan fingerprint density at radius 3 is 2.76 bits per heavy atom. The van der Waals surface area contributed by atoms with E-state index in [9.17, 15) is 14.7 Å². The van der Waals surface area contributed by atoms with Crippen LogP contribution < -0.4 is 11.1 Å². The van der Waals surface area contributed by atoms with Crippen LogP contribution in [-0.2, 0) is 9.59 Å². The predicted octanol–water partition coefficient (Wildman–Crippen LogP) is -1.57. The smallest absolute Gasteiger partial charge is 0.240 e. The van der Waals surface area contributed by atoms with Gasteiger partial charge in [0.2, 0.25) is 11.8 Å². The van der Waals surface area contributed by atoms with Crippen LogP contribution in [-0.4, -0.2) is 53.6 Å². The van der Waals surface area contributed by atoms with Gasteiger partial charge in [-0.05, 0) is 19.4 Å². The highest BCUT2D eigenvalue weighted by Gasteiger charge is 2.40. The number of aliphatic hydroxyl groups excluding tert-OH is 1. The van der Waals surface area contributed by atoms with Crippen molar-refractivity contribution in [2.45, 2.75) is 31.4 Å². The fourth-order valence-electron chi connectivity index (χ4n) is 2.62. The first-order chi connectivity index (χ1) is 8.09. The van der Waals surface area contributed by atoms with Crippen LogP contribution in [0.3, 0.4) is 0 Å². The maximum absolute atomic E-state index is 12.2. The van der Waals surface area contributed by atoms with Gasteiger partial charge in [-0.3, -0.25) is 9.59 Å². The van der Waals surface area contributed by atoms with Crippen molar-refractivity contribution in [1.29, 1.82) is 0 Å². The zero-order chi connectivity index (χ0) is 12.4. The second kappa shape index (κ2) is 5.01. The quantitative estimate of drug-likeness (QED) is 0.544. The van der Waals surface area contributed by atoms with Crippen molar-refractivity contribution >= 4 is 11.8 Å². The number of likely N-dealkylation sites (tertiary alicyclic amines) is 1. The van der Waals surface area contributed by atoms with Gasteiger partial charge < -0.3 is 21.1 Å². The number of piperidine rings is 1. The molecule has 0 radical (unpaired) electrons. The average molecular weight is 241 g/mol. The molecular weight excluding hydrogens is 222 g/mol. The lowest BCUT2D eigenvalue weighted by Gasteiger charge is -2.29. The summed E-state index contributed by atoms with van der Waals surface area (Å²) in [5, 5.41) is 12.7. The normalized spacial score (nSPS) is 33.7. The number of β-amino-alcohol motifs (C(OH)–C–C–N with tert-alkyl or cyclic N) is 1. The maximum Gasteiger partial charge on any atom is 0.240 e. The minimum Gasteiger partial charge on any atom is -0.391 e. The molecule has 96 valence electrons. The lowest BCUT2D eigenvalue weighted by molar-refractivity contribution is -0.141. The van der Waals surface area contributed by atoms with Crippen molar-refractivity contribution in [1.82, 2.24) is 10.2 Å². The van der Waals surface area contributed by atoms with Gasteiger partial charge in [0.1, 0.15) is 6.04 Å². The highest BCUT2D eigenvalue weighted by molar-refractivity contribution is 5.88. The Balaban J connectivity index is 2.04. The van der Waals surface area contributed by atoms with Gasteiger partial charge in [0, 0.05) is 19.5 Å². The first kappa shape index (κ1) is 12.3. The molecule has 2 aliphatic rings. The Morgan fingerprint density at radius 1 is 1.41 bits per heavy atom. The molecule has 2 rings (SSSR count). The molecule has 2 saturated heterocycles. The SMILES string of the molecule is NC(=O)C1CC(O)CN1C(=O)C1CCCNC1. The van der Waals surface area contributed by atoms with Crippen LogP contribution in [0.2, 0.25) is 0 Å². The molecule has 2 heterocycles. The molecule has 0 aliphatic carbocycles. The van der Waals surface area contributed by atoms with Crippen LogP contribution in [0.4, 0.5) is 0 Å². The number of aliphatic hydroxyl groups is 1. The molecular formula is C11H19N3O3. The molecule has 2 fully saturated rings. The van der Waals surface area contributed by atoms with E-state index in [1.807, 2.05) is 0 Å². The molecule has 4 N–H and O–H groups in total. The maximum atomic E-state index is 12.2. The number of primary amides is 1. The summed E-state index contributed by atoms with van der Waals surface area (Å²) in [6.07, 6.45) is 1.44. The minimum absolute atomic E-state index is 0.0578.